The monoisotopic (exact) mass is 293 g/mol. The minimum Gasteiger partial charge on any atom is -0.210 e. The first-order chi connectivity index (χ1) is 4.54. The van der Waals surface area contributed by atoms with Crippen LogP contribution in [0.3, 0.4) is 0 Å². The van der Waals surface area contributed by atoms with E-state index < -0.39 is 14.7 Å². The fourth-order valence-corrected chi connectivity index (χ4v) is 2.26. The lowest BCUT2D eigenvalue weighted by Gasteiger charge is -2.03. The van der Waals surface area contributed by atoms with Crippen molar-refractivity contribution in [3.63, 3.8) is 0 Å². The maximum absolute atomic E-state index is 10.7. The average molecular weight is 294 g/mol. The SMILES string of the molecule is C#CCC(Cl)S(=O)(=O)NI. The molecular formula is C4H5ClINO2S. The molecule has 0 radical (unpaired) electrons. The van der Waals surface area contributed by atoms with E-state index in [4.69, 9.17) is 18.0 Å². The van der Waals surface area contributed by atoms with Crippen molar-refractivity contribution in [3.8, 4) is 12.3 Å². The van der Waals surface area contributed by atoms with Crippen LogP contribution < -0.4 is 2.94 Å². The molecule has 58 valence electrons. The van der Waals surface area contributed by atoms with E-state index in [-0.39, 0.29) is 6.42 Å². The molecule has 0 rings (SSSR count). The van der Waals surface area contributed by atoms with Gasteiger partial charge in [-0.05, 0) is 0 Å². The molecular weight excluding hydrogens is 288 g/mol. The number of halogens is 2. The zero-order valence-corrected chi connectivity index (χ0v) is 8.57. The Labute approximate surface area is 79.1 Å². The van der Waals surface area contributed by atoms with Crippen LogP contribution in [0.4, 0.5) is 0 Å². The molecule has 0 amide bonds. The van der Waals surface area contributed by atoms with Crippen molar-refractivity contribution in [3.05, 3.63) is 0 Å². The smallest absolute Gasteiger partial charge is 0.210 e. The number of hydrogen-bond donors (Lipinski definition) is 1. The van der Waals surface area contributed by atoms with E-state index >= 15 is 0 Å². The van der Waals surface area contributed by atoms with Gasteiger partial charge in [-0.3, -0.25) is 0 Å². The second kappa shape index (κ2) is 4.38. The van der Waals surface area contributed by atoms with Crippen molar-refractivity contribution in [1.29, 1.82) is 0 Å². The second-order valence-corrected chi connectivity index (χ2v) is 5.36. The molecule has 0 aromatic rings. The van der Waals surface area contributed by atoms with Crippen molar-refractivity contribution in [2.45, 2.75) is 11.1 Å². The highest BCUT2D eigenvalue weighted by Crippen LogP contribution is 2.09. The molecule has 0 saturated carbocycles. The molecule has 0 aromatic carbocycles. The first-order valence-corrected chi connectivity index (χ1v) is 5.29. The number of sulfonamides is 1. The Hall–Kier alpha value is 0.490. The average Bonchev–Trinajstić information content (AvgIpc) is 1.89. The third-order valence-corrected chi connectivity index (χ3v) is 4.48. The maximum Gasteiger partial charge on any atom is 0.237 e. The van der Waals surface area contributed by atoms with Crippen molar-refractivity contribution in [1.82, 2.24) is 2.94 Å². The van der Waals surface area contributed by atoms with Gasteiger partial charge in [-0.1, -0.05) is 0 Å². The second-order valence-electron chi connectivity index (χ2n) is 1.44. The minimum absolute atomic E-state index is 0.0138. The highest BCUT2D eigenvalue weighted by molar-refractivity contribution is 14.1. The summed E-state index contributed by atoms with van der Waals surface area (Å²) >= 11 is 6.87. The van der Waals surface area contributed by atoms with Gasteiger partial charge in [0, 0.05) is 29.3 Å². The molecule has 0 fully saturated rings. The zero-order valence-electron chi connectivity index (χ0n) is 4.84. The fraction of sp³-hybridized carbons (Fsp3) is 0.500. The lowest BCUT2D eigenvalue weighted by Crippen LogP contribution is -2.23. The molecule has 0 bridgehead atoms. The van der Waals surface area contributed by atoms with E-state index in [2.05, 4.69) is 5.92 Å². The molecule has 0 saturated heterocycles. The molecule has 1 N–H and O–H groups in total. The molecule has 0 spiro atoms. The van der Waals surface area contributed by atoms with Crippen LogP contribution >= 0.6 is 34.5 Å². The Morgan fingerprint density at radius 1 is 1.80 bits per heavy atom. The van der Waals surface area contributed by atoms with Gasteiger partial charge in [-0.2, -0.15) is 2.94 Å². The summed E-state index contributed by atoms with van der Waals surface area (Å²) in [6.45, 7) is 0. The summed E-state index contributed by atoms with van der Waals surface area (Å²) in [5.41, 5.74) is 0. The summed E-state index contributed by atoms with van der Waals surface area (Å²) in [4.78, 5) is 0. The Morgan fingerprint density at radius 2 is 2.30 bits per heavy atom. The van der Waals surface area contributed by atoms with Crippen LogP contribution in [0.5, 0.6) is 0 Å². The van der Waals surface area contributed by atoms with E-state index in [0.717, 1.165) is 0 Å². The van der Waals surface area contributed by atoms with Crippen molar-refractivity contribution in [2.24, 2.45) is 0 Å². The van der Waals surface area contributed by atoms with Gasteiger partial charge < -0.3 is 0 Å². The summed E-state index contributed by atoms with van der Waals surface area (Å²) in [6, 6.07) is 0. The van der Waals surface area contributed by atoms with Crippen LogP contribution in [0.1, 0.15) is 6.42 Å². The Balaban J connectivity index is 4.23. The van der Waals surface area contributed by atoms with E-state index in [9.17, 15) is 8.42 Å². The molecule has 10 heavy (non-hydrogen) atoms. The normalized spacial score (nSPS) is 14.1. The first-order valence-electron chi connectivity index (χ1n) is 2.23. The van der Waals surface area contributed by atoms with Gasteiger partial charge in [0.1, 0.15) is 0 Å². The van der Waals surface area contributed by atoms with E-state index in [0.29, 0.717) is 0 Å². The highest BCUT2D eigenvalue weighted by Gasteiger charge is 2.19. The summed E-state index contributed by atoms with van der Waals surface area (Å²) in [7, 11) is -3.40. The van der Waals surface area contributed by atoms with E-state index in [1.54, 1.807) is 0 Å². The topological polar surface area (TPSA) is 46.2 Å². The highest BCUT2D eigenvalue weighted by atomic mass is 127. The Morgan fingerprint density at radius 3 is 2.60 bits per heavy atom. The number of hydrogen-bond acceptors (Lipinski definition) is 2. The summed E-state index contributed by atoms with van der Waals surface area (Å²) in [6.07, 6.45) is 4.87. The largest absolute Gasteiger partial charge is 0.237 e. The number of terminal acetylenes is 1. The van der Waals surface area contributed by atoms with E-state index in [1.807, 2.05) is 2.94 Å². The lowest BCUT2D eigenvalue weighted by atomic mass is 10.5. The van der Waals surface area contributed by atoms with Crippen LogP contribution in [0.25, 0.3) is 0 Å². The summed E-state index contributed by atoms with van der Waals surface area (Å²) in [5.74, 6) is 2.15. The third-order valence-electron chi connectivity index (χ3n) is 0.723. The van der Waals surface area contributed by atoms with Gasteiger partial charge in [-0.15, -0.1) is 23.9 Å². The van der Waals surface area contributed by atoms with Crippen LogP contribution in [0, 0.1) is 12.3 Å². The van der Waals surface area contributed by atoms with Gasteiger partial charge in [0.25, 0.3) is 0 Å². The maximum atomic E-state index is 10.7. The first kappa shape index (κ1) is 10.5. The zero-order chi connectivity index (χ0) is 8.20. The molecule has 6 heteroatoms. The molecule has 0 aromatic heterocycles. The minimum atomic E-state index is -3.40. The number of alkyl halides is 1. The Bertz CT molecular complexity index is 232. The van der Waals surface area contributed by atoms with Crippen molar-refractivity contribution in [2.75, 3.05) is 0 Å². The Kier molecular flexibility index (Phi) is 4.60. The van der Waals surface area contributed by atoms with Gasteiger partial charge in [-0.25, -0.2) is 8.42 Å². The molecule has 1 unspecified atom stereocenters. The number of rotatable bonds is 3. The van der Waals surface area contributed by atoms with Crippen LogP contribution in [0.15, 0.2) is 0 Å². The van der Waals surface area contributed by atoms with Crippen molar-refractivity contribution < 1.29 is 8.42 Å². The summed E-state index contributed by atoms with van der Waals surface area (Å²) in [5, 5.41) is 0. The van der Waals surface area contributed by atoms with Gasteiger partial charge in [0.05, 0.1) is 0 Å². The molecule has 0 aliphatic carbocycles. The van der Waals surface area contributed by atoms with Crippen LogP contribution in [0.2, 0.25) is 0 Å². The van der Waals surface area contributed by atoms with Gasteiger partial charge >= 0.3 is 0 Å². The predicted octanol–water partition coefficient (Wildman–Crippen LogP) is 0.844. The lowest BCUT2D eigenvalue weighted by molar-refractivity contribution is 0.592. The van der Waals surface area contributed by atoms with E-state index in [1.165, 1.54) is 22.9 Å². The molecule has 0 heterocycles. The van der Waals surface area contributed by atoms with Crippen molar-refractivity contribution >= 4 is 44.5 Å². The third kappa shape index (κ3) is 3.05. The molecule has 0 aliphatic rings. The molecule has 0 aliphatic heterocycles. The predicted molar refractivity (Wildman–Crippen MR) is 49.2 cm³/mol. The quantitative estimate of drug-likeness (QED) is 0.363. The van der Waals surface area contributed by atoms with Crippen LogP contribution in [-0.2, 0) is 10.0 Å². The summed E-state index contributed by atoms with van der Waals surface area (Å²) < 4.78 is 22.5. The van der Waals surface area contributed by atoms with Gasteiger partial charge in [0.15, 0.2) is 4.71 Å². The van der Waals surface area contributed by atoms with Gasteiger partial charge in [0.2, 0.25) is 10.0 Å². The fourth-order valence-electron chi connectivity index (χ4n) is 0.251. The molecule has 1 atom stereocenters. The van der Waals surface area contributed by atoms with Crippen LogP contribution in [-0.4, -0.2) is 13.1 Å². The standard InChI is InChI=1S/C4H5ClINO2S/c1-2-3-4(5)10(8,9)7-6/h1,4,7H,3H2. The number of nitrogens with one attached hydrogen (secondary N) is 1. The molecule has 3 nitrogen and oxygen atoms in total.